The summed E-state index contributed by atoms with van der Waals surface area (Å²) in [4.78, 5) is 11.7. The first kappa shape index (κ1) is 11.3. The molecule has 2 heterocycles. The number of nitrogens with one attached hydrogen (secondary N) is 2. The van der Waals surface area contributed by atoms with Crippen LogP contribution in [0, 0.1) is 5.92 Å². The van der Waals surface area contributed by atoms with Crippen LogP contribution in [0.3, 0.4) is 0 Å². The Kier molecular flexibility index (Phi) is 2.25. The number of amides is 1. The van der Waals surface area contributed by atoms with Crippen LogP contribution in [0.2, 0.25) is 0 Å². The molecule has 2 aliphatic rings. The summed E-state index contributed by atoms with van der Waals surface area (Å²) in [6.07, 6.45) is 0. The number of rotatable bonds is 1. The number of carbonyl (C=O) groups excluding carboxylic acids is 1. The zero-order valence-electron chi connectivity index (χ0n) is 9.77. The van der Waals surface area contributed by atoms with Crippen molar-refractivity contribution in [2.45, 2.75) is 18.7 Å². The molecule has 18 heavy (non-hydrogen) atoms. The summed E-state index contributed by atoms with van der Waals surface area (Å²) in [5.74, 6) is -0.191. The van der Waals surface area contributed by atoms with E-state index in [-0.39, 0.29) is 6.04 Å². The summed E-state index contributed by atoms with van der Waals surface area (Å²) in [5, 5.41) is 6.56. The topological polar surface area (TPSA) is 76.4 Å². The van der Waals surface area contributed by atoms with Crippen molar-refractivity contribution in [3.63, 3.8) is 0 Å². The number of fused-ring (bicyclic) bond motifs is 4. The predicted molar refractivity (Wildman–Crippen MR) is 69.8 cm³/mol. The fourth-order valence-corrected chi connectivity index (χ4v) is 3.05. The molecule has 3 rings (SSSR count). The third kappa shape index (κ3) is 1.45. The highest BCUT2D eigenvalue weighted by molar-refractivity contribution is 7.80. The summed E-state index contributed by atoms with van der Waals surface area (Å²) in [5.41, 5.74) is 5.51. The molecular weight excluding hydrogens is 250 g/mol. The fraction of sp³-hybridized carbons (Fsp3) is 0.333. The number of hydrogen-bond acceptors (Lipinski definition) is 3. The second kappa shape index (κ2) is 3.58. The third-order valence-electron chi connectivity index (χ3n) is 3.46. The standard InChI is InChI=1S/C12H13N3O2S/c1-12-8(10(13)16)9(14-11(18)15-12)6-4-2-3-5-7(6)17-12/h2-5,8-9H,1H3,(H2,13,16)(H2,14,15,18)/t8-,9-,12+/m0/s1. The minimum absolute atomic E-state index is 0.244. The lowest BCUT2D eigenvalue weighted by molar-refractivity contribution is -0.134. The molecule has 0 unspecified atom stereocenters. The number of para-hydroxylation sites is 1. The van der Waals surface area contributed by atoms with E-state index in [2.05, 4.69) is 10.6 Å². The van der Waals surface area contributed by atoms with Gasteiger partial charge in [-0.05, 0) is 25.2 Å². The van der Waals surface area contributed by atoms with Crippen LogP contribution in [0.4, 0.5) is 0 Å². The van der Waals surface area contributed by atoms with Gasteiger partial charge >= 0.3 is 0 Å². The van der Waals surface area contributed by atoms with E-state index in [1.165, 1.54) is 0 Å². The fourth-order valence-electron chi connectivity index (χ4n) is 2.72. The first-order valence-corrected chi connectivity index (χ1v) is 6.08. The maximum absolute atomic E-state index is 11.7. The summed E-state index contributed by atoms with van der Waals surface area (Å²) >= 11 is 5.15. The maximum Gasteiger partial charge on any atom is 0.229 e. The van der Waals surface area contributed by atoms with Gasteiger partial charge in [0, 0.05) is 5.56 Å². The Labute approximate surface area is 110 Å². The Bertz CT molecular complexity index is 548. The molecule has 1 saturated heterocycles. The summed E-state index contributed by atoms with van der Waals surface area (Å²) < 4.78 is 5.90. The van der Waals surface area contributed by atoms with Crippen LogP contribution >= 0.6 is 12.2 Å². The van der Waals surface area contributed by atoms with Crippen molar-refractivity contribution in [1.82, 2.24) is 10.6 Å². The molecule has 1 fully saturated rings. The van der Waals surface area contributed by atoms with Gasteiger partial charge in [-0.3, -0.25) is 4.79 Å². The Morgan fingerprint density at radius 2 is 2.22 bits per heavy atom. The van der Waals surface area contributed by atoms with Crippen molar-refractivity contribution in [3.05, 3.63) is 29.8 Å². The molecule has 0 saturated carbocycles. The Hall–Kier alpha value is -1.82. The number of hydrogen-bond donors (Lipinski definition) is 3. The van der Waals surface area contributed by atoms with Crippen LogP contribution < -0.4 is 21.1 Å². The predicted octanol–water partition coefficient (Wildman–Crippen LogP) is 0.415. The highest BCUT2D eigenvalue weighted by Crippen LogP contribution is 2.44. The summed E-state index contributed by atoms with van der Waals surface area (Å²) in [6, 6.07) is 7.33. The highest BCUT2D eigenvalue weighted by atomic mass is 32.1. The Balaban J connectivity index is 2.17. The normalized spacial score (nSPS) is 32.6. The van der Waals surface area contributed by atoms with Crippen LogP contribution in [0.1, 0.15) is 18.5 Å². The second-order valence-corrected chi connectivity index (χ2v) is 5.11. The lowest BCUT2D eigenvalue weighted by atomic mass is 9.80. The van der Waals surface area contributed by atoms with Crippen molar-refractivity contribution in [1.29, 1.82) is 0 Å². The molecule has 3 atom stereocenters. The van der Waals surface area contributed by atoms with E-state index in [0.29, 0.717) is 5.11 Å². The average molecular weight is 263 g/mol. The van der Waals surface area contributed by atoms with E-state index in [9.17, 15) is 4.79 Å². The van der Waals surface area contributed by atoms with Gasteiger partial charge in [0.15, 0.2) is 10.8 Å². The minimum Gasteiger partial charge on any atom is -0.467 e. The quantitative estimate of drug-likeness (QED) is 0.640. The van der Waals surface area contributed by atoms with Gasteiger partial charge in [0.25, 0.3) is 0 Å². The maximum atomic E-state index is 11.7. The number of nitrogens with two attached hydrogens (primary N) is 1. The van der Waals surface area contributed by atoms with Crippen LogP contribution in [0.15, 0.2) is 24.3 Å². The smallest absolute Gasteiger partial charge is 0.229 e. The zero-order valence-corrected chi connectivity index (χ0v) is 10.6. The first-order valence-electron chi connectivity index (χ1n) is 5.67. The van der Waals surface area contributed by atoms with E-state index < -0.39 is 17.6 Å². The lowest BCUT2D eigenvalue weighted by Crippen LogP contribution is -2.70. The van der Waals surface area contributed by atoms with Gasteiger partial charge in [-0.25, -0.2) is 0 Å². The molecule has 0 aliphatic carbocycles. The van der Waals surface area contributed by atoms with Crippen molar-refractivity contribution in [2.24, 2.45) is 11.7 Å². The van der Waals surface area contributed by atoms with E-state index in [4.69, 9.17) is 22.7 Å². The zero-order chi connectivity index (χ0) is 12.9. The molecule has 2 bridgehead atoms. The van der Waals surface area contributed by atoms with Crippen LogP contribution in [0.5, 0.6) is 5.75 Å². The Morgan fingerprint density at radius 1 is 1.50 bits per heavy atom. The van der Waals surface area contributed by atoms with E-state index in [0.717, 1.165) is 11.3 Å². The molecular formula is C12H13N3O2S. The van der Waals surface area contributed by atoms with Gasteiger partial charge < -0.3 is 21.1 Å². The van der Waals surface area contributed by atoms with Gasteiger partial charge in [0.1, 0.15) is 11.7 Å². The molecule has 0 spiro atoms. The third-order valence-corrected chi connectivity index (χ3v) is 3.68. The van der Waals surface area contributed by atoms with E-state index in [1.807, 2.05) is 24.3 Å². The van der Waals surface area contributed by atoms with Gasteiger partial charge in [-0.1, -0.05) is 18.2 Å². The van der Waals surface area contributed by atoms with E-state index >= 15 is 0 Å². The molecule has 4 N–H and O–H groups in total. The van der Waals surface area contributed by atoms with Crippen LogP contribution in [-0.2, 0) is 4.79 Å². The monoisotopic (exact) mass is 263 g/mol. The van der Waals surface area contributed by atoms with Gasteiger partial charge in [-0.15, -0.1) is 0 Å². The van der Waals surface area contributed by atoms with Gasteiger partial charge in [-0.2, -0.15) is 0 Å². The molecule has 0 aromatic heterocycles. The number of thiocarbonyl (C=S) groups is 1. The second-order valence-electron chi connectivity index (χ2n) is 4.70. The van der Waals surface area contributed by atoms with Gasteiger partial charge in [0.05, 0.1) is 6.04 Å². The number of ether oxygens (including phenoxy) is 1. The molecule has 0 radical (unpaired) electrons. The van der Waals surface area contributed by atoms with Crippen molar-refractivity contribution in [3.8, 4) is 5.75 Å². The molecule has 1 amide bonds. The minimum atomic E-state index is -0.896. The molecule has 1 aromatic carbocycles. The first-order chi connectivity index (χ1) is 8.51. The van der Waals surface area contributed by atoms with Crippen molar-refractivity contribution in [2.75, 3.05) is 0 Å². The molecule has 94 valence electrons. The number of primary amides is 1. The summed E-state index contributed by atoms with van der Waals surface area (Å²) in [7, 11) is 0. The van der Waals surface area contributed by atoms with Gasteiger partial charge in [0.2, 0.25) is 5.91 Å². The molecule has 1 aromatic rings. The van der Waals surface area contributed by atoms with E-state index in [1.54, 1.807) is 6.92 Å². The largest absolute Gasteiger partial charge is 0.467 e. The van der Waals surface area contributed by atoms with Crippen molar-refractivity contribution >= 4 is 23.2 Å². The van der Waals surface area contributed by atoms with Crippen LogP contribution in [0.25, 0.3) is 0 Å². The highest BCUT2D eigenvalue weighted by Gasteiger charge is 2.53. The van der Waals surface area contributed by atoms with Crippen molar-refractivity contribution < 1.29 is 9.53 Å². The Morgan fingerprint density at radius 3 is 2.94 bits per heavy atom. The lowest BCUT2D eigenvalue weighted by Gasteiger charge is -2.50. The number of carbonyl (C=O) groups is 1. The van der Waals surface area contributed by atoms with Crippen LogP contribution in [-0.4, -0.2) is 16.7 Å². The molecule has 2 aliphatic heterocycles. The molecule has 6 heteroatoms. The average Bonchev–Trinajstić information content (AvgIpc) is 2.26. The SMILES string of the molecule is C[C@@]12NC(=S)N[C@@H](c3ccccc3O1)[C@H]2C(N)=O. The molecule has 5 nitrogen and oxygen atoms in total. The number of benzene rings is 1. The summed E-state index contributed by atoms with van der Waals surface area (Å²) in [6.45, 7) is 1.79.